The molecule has 0 unspecified atom stereocenters. The van der Waals surface area contributed by atoms with Crippen molar-refractivity contribution in [3.63, 3.8) is 0 Å². The van der Waals surface area contributed by atoms with Crippen LogP contribution in [0.2, 0.25) is 0 Å². The third-order valence-corrected chi connectivity index (χ3v) is 9.86. The van der Waals surface area contributed by atoms with E-state index in [0.29, 0.717) is 12.8 Å². The summed E-state index contributed by atoms with van der Waals surface area (Å²) in [6.45, 7) is 5.04. The first kappa shape index (κ1) is 44.2. The summed E-state index contributed by atoms with van der Waals surface area (Å²) in [7, 11) is 0. The van der Waals surface area contributed by atoms with Gasteiger partial charge in [-0.1, -0.05) is 218 Å². The van der Waals surface area contributed by atoms with Crippen LogP contribution in [0.5, 0.6) is 0 Å². The Kier molecular flexibility index (Phi) is 32.2. The van der Waals surface area contributed by atoms with E-state index in [4.69, 9.17) is 9.47 Å². The van der Waals surface area contributed by atoms with Gasteiger partial charge in [-0.05, 0) is 24.0 Å². The van der Waals surface area contributed by atoms with Gasteiger partial charge < -0.3 is 9.47 Å². The summed E-state index contributed by atoms with van der Waals surface area (Å²) < 4.78 is 11.2. The molecule has 0 aliphatic carbocycles. The zero-order chi connectivity index (χ0) is 34.6. The Bertz CT molecular complexity index is 781. The zero-order valence-electron chi connectivity index (χ0n) is 32.0. The Morgan fingerprint density at radius 2 is 0.604 bits per heavy atom. The van der Waals surface area contributed by atoms with Crippen molar-refractivity contribution in [2.75, 3.05) is 0 Å². The molecular weight excluding hydrogens is 592 g/mol. The monoisotopic (exact) mass is 671 g/mol. The number of rotatable bonds is 36. The van der Waals surface area contributed by atoms with Gasteiger partial charge in [-0.15, -0.1) is 0 Å². The minimum atomic E-state index is -0.135. The summed E-state index contributed by atoms with van der Waals surface area (Å²) in [6, 6.07) is 7.80. The molecule has 278 valence electrons. The second-order valence-corrected chi connectivity index (χ2v) is 14.5. The van der Waals surface area contributed by atoms with E-state index in [1.807, 2.05) is 24.3 Å². The Hall–Kier alpha value is -1.84. The molecule has 0 fully saturated rings. The second kappa shape index (κ2) is 35.0. The molecule has 0 aliphatic heterocycles. The lowest BCUT2D eigenvalue weighted by Crippen LogP contribution is -2.08. The van der Waals surface area contributed by atoms with Crippen molar-refractivity contribution in [1.82, 2.24) is 0 Å². The maximum atomic E-state index is 12.3. The first-order valence-corrected chi connectivity index (χ1v) is 21.0. The number of unbranched alkanes of at least 4 members (excludes halogenated alkanes) is 28. The largest absolute Gasteiger partial charge is 0.461 e. The Morgan fingerprint density at radius 1 is 0.375 bits per heavy atom. The molecule has 0 aromatic heterocycles. The van der Waals surface area contributed by atoms with Gasteiger partial charge in [0.1, 0.15) is 13.2 Å². The molecule has 0 saturated heterocycles. The van der Waals surface area contributed by atoms with E-state index < -0.39 is 0 Å². The lowest BCUT2D eigenvalue weighted by molar-refractivity contribution is -0.146. The van der Waals surface area contributed by atoms with Crippen LogP contribution >= 0.6 is 0 Å². The highest BCUT2D eigenvalue weighted by molar-refractivity contribution is 5.69. The number of hydrogen-bond donors (Lipinski definition) is 0. The van der Waals surface area contributed by atoms with E-state index in [9.17, 15) is 9.59 Å². The molecule has 0 spiro atoms. The maximum absolute atomic E-state index is 12.3. The third-order valence-electron chi connectivity index (χ3n) is 9.86. The molecule has 4 heteroatoms. The molecule has 0 aliphatic rings. The number of carbonyl (C=O) groups is 2. The van der Waals surface area contributed by atoms with Gasteiger partial charge >= 0.3 is 11.9 Å². The standard InChI is InChI=1S/C44H78O4/c1-3-5-7-9-11-13-15-17-19-21-23-25-27-29-31-37-43(45)47-39-41-35-33-34-36-42(41)40-48-44(46)38-32-30-28-26-24-22-20-18-16-14-12-10-8-6-4-2/h33-36H,3-32,37-40H2,1-2H3. The normalized spacial score (nSPS) is 11.2. The highest BCUT2D eigenvalue weighted by atomic mass is 16.5. The van der Waals surface area contributed by atoms with Crippen LogP contribution in [0, 0.1) is 0 Å². The number of ether oxygens (including phenoxy) is 2. The first-order valence-electron chi connectivity index (χ1n) is 21.0. The zero-order valence-corrected chi connectivity index (χ0v) is 32.0. The molecular formula is C44H78O4. The van der Waals surface area contributed by atoms with Gasteiger partial charge in [0.05, 0.1) is 0 Å². The van der Waals surface area contributed by atoms with E-state index in [1.54, 1.807) is 0 Å². The Balaban J connectivity index is 1.98. The quantitative estimate of drug-likeness (QED) is 0.0526. The second-order valence-electron chi connectivity index (χ2n) is 14.5. The van der Waals surface area contributed by atoms with Crippen LogP contribution in [0.25, 0.3) is 0 Å². The molecule has 0 N–H and O–H groups in total. The summed E-state index contributed by atoms with van der Waals surface area (Å²) in [5.41, 5.74) is 1.84. The third kappa shape index (κ3) is 29.1. The topological polar surface area (TPSA) is 52.6 Å². The summed E-state index contributed by atoms with van der Waals surface area (Å²) >= 11 is 0. The minimum absolute atomic E-state index is 0.135. The molecule has 1 aromatic rings. The molecule has 0 amide bonds. The molecule has 0 atom stereocenters. The summed E-state index contributed by atoms with van der Waals surface area (Å²) in [4.78, 5) is 24.7. The summed E-state index contributed by atoms with van der Waals surface area (Å²) in [5, 5.41) is 0. The van der Waals surface area contributed by atoms with Crippen molar-refractivity contribution >= 4 is 11.9 Å². The van der Waals surface area contributed by atoms with E-state index >= 15 is 0 Å². The Labute approximate surface area is 298 Å². The van der Waals surface area contributed by atoms with Gasteiger partial charge in [0.2, 0.25) is 0 Å². The van der Waals surface area contributed by atoms with E-state index in [1.165, 1.54) is 167 Å². The lowest BCUT2D eigenvalue weighted by atomic mass is 10.0. The van der Waals surface area contributed by atoms with Crippen LogP contribution in [-0.2, 0) is 32.3 Å². The van der Waals surface area contributed by atoms with Crippen LogP contribution < -0.4 is 0 Å². The predicted octanol–water partition coefficient (Wildman–Crippen LogP) is 14.3. The number of hydrogen-bond acceptors (Lipinski definition) is 4. The van der Waals surface area contributed by atoms with Crippen LogP contribution in [0.3, 0.4) is 0 Å². The molecule has 48 heavy (non-hydrogen) atoms. The average Bonchev–Trinajstić information content (AvgIpc) is 3.10. The first-order chi connectivity index (χ1) is 23.7. The van der Waals surface area contributed by atoms with Crippen LogP contribution in [0.1, 0.15) is 230 Å². The fraction of sp³-hybridized carbons (Fsp3) is 0.818. The van der Waals surface area contributed by atoms with Crippen molar-refractivity contribution in [2.24, 2.45) is 0 Å². The predicted molar refractivity (Wildman–Crippen MR) is 205 cm³/mol. The van der Waals surface area contributed by atoms with Crippen LogP contribution in [0.4, 0.5) is 0 Å². The van der Waals surface area contributed by atoms with Gasteiger partial charge in [0.15, 0.2) is 0 Å². The van der Waals surface area contributed by atoms with Gasteiger partial charge in [-0.3, -0.25) is 9.59 Å². The van der Waals surface area contributed by atoms with E-state index in [2.05, 4.69) is 13.8 Å². The number of benzene rings is 1. The molecule has 4 nitrogen and oxygen atoms in total. The lowest BCUT2D eigenvalue weighted by Gasteiger charge is -2.11. The number of esters is 2. The minimum Gasteiger partial charge on any atom is -0.461 e. The molecule has 0 radical (unpaired) electrons. The van der Waals surface area contributed by atoms with Crippen molar-refractivity contribution in [2.45, 2.75) is 233 Å². The van der Waals surface area contributed by atoms with Crippen molar-refractivity contribution in [1.29, 1.82) is 0 Å². The summed E-state index contributed by atoms with van der Waals surface area (Å²) in [5.74, 6) is -0.269. The van der Waals surface area contributed by atoms with E-state index in [0.717, 1.165) is 36.8 Å². The SMILES string of the molecule is CCCCCCCCCCCCCCCCCC(=O)OCc1ccccc1COC(=O)CCCCCCCCCCCCCCCCC. The molecule has 0 bridgehead atoms. The molecule has 1 aromatic carbocycles. The van der Waals surface area contributed by atoms with Crippen molar-refractivity contribution in [3.8, 4) is 0 Å². The van der Waals surface area contributed by atoms with Crippen LogP contribution in [-0.4, -0.2) is 11.9 Å². The smallest absolute Gasteiger partial charge is 0.306 e. The fourth-order valence-electron chi connectivity index (χ4n) is 6.58. The molecule has 1 rings (SSSR count). The van der Waals surface area contributed by atoms with Gasteiger partial charge in [0, 0.05) is 12.8 Å². The van der Waals surface area contributed by atoms with Crippen molar-refractivity contribution < 1.29 is 19.1 Å². The van der Waals surface area contributed by atoms with Gasteiger partial charge in [-0.2, -0.15) is 0 Å². The summed E-state index contributed by atoms with van der Waals surface area (Å²) in [6.07, 6.45) is 40.4. The fourth-order valence-corrected chi connectivity index (χ4v) is 6.58. The molecule has 0 saturated carbocycles. The highest BCUT2D eigenvalue weighted by Crippen LogP contribution is 2.17. The van der Waals surface area contributed by atoms with Gasteiger partial charge in [-0.25, -0.2) is 0 Å². The van der Waals surface area contributed by atoms with Gasteiger partial charge in [0.25, 0.3) is 0 Å². The average molecular weight is 671 g/mol. The Morgan fingerprint density at radius 3 is 0.854 bits per heavy atom. The van der Waals surface area contributed by atoms with Crippen LogP contribution in [0.15, 0.2) is 24.3 Å². The number of carbonyl (C=O) groups excluding carboxylic acids is 2. The van der Waals surface area contributed by atoms with Crippen molar-refractivity contribution in [3.05, 3.63) is 35.4 Å². The molecule has 0 heterocycles. The maximum Gasteiger partial charge on any atom is 0.306 e. The highest BCUT2D eigenvalue weighted by Gasteiger charge is 2.09. The van der Waals surface area contributed by atoms with E-state index in [-0.39, 0.29) is 25.2 Å².